The first-order valence-electron chi connectivity index (χ1n) is 8.52. The van der Waals surface area contributed by atoms with Gasteiger partial charge in [-0.25, -0.2) is 4.79 Å². The number of alkyl halides is 1. The first kappa shape index (κ1) is 18.1. The van der Waals surface area contributed by atoms with Gasteiger partial charge in [-0.3, -0.25) is 0 Å². The van der Waals surface area contributed by atoms with Crippen LogP contribution in [0.3, 0.4) is 0 Å². The third kappa shape index (κ3) is 5.39. The normalized spacial score (nSPS) is 18.0. The highest BCUT2D eigenvalue weighted by Crippen LogP contribution is 2.17. The van der Waals surface area contributed by atoms with E-state index in [0.717, 1.165) is 30.3 Å². The van der Waals surface area contributed by atoms with E-state index in [1.54, 1.807) is 17.2 Å². The second-order valence-corrected chi connectivity index (χ2v) is 6.72. The number of hydrogen-bond donors (Lipinski definition) is 0. The predicted octanol–water partition coefficient (Wildman–Crippen LogP) is 4.33. The molecule has 2 aromatic carbocycles. The summed E-state index contributed by atoms with van der Waals surface area (Å²) < 4.78 is 6.02. The molecule has 132 valence electrons. The lowest BCUT2D eigenvalue weighted by Crippen LogP contribution is -2.40. The minimum Gasteiger partial charge on any atom is -0.372 e. The van der Waals surface area contributed by atoms with Crippen molar-refractivity contribution in [2.75, 3.05) is 13.1 Å². The number of halogens is 1. The number of rotatable bonds is 6. The van der Waals surface area contributed by atoms with E-state index in [0.29, 0.717) is 18.7 Å². The van der Waals surface area contributed by atoms with Crippen LogP contribution < -0.4 is 0 Å². The third-order valence-corrected chi connectivity index (χ3v) is 4.87. The Kier molecular flexibility index (Phi) is 6.62. The maximum absolute atomic E-state index is 12.2. The Hall–Kier alpha value is -1.69. The highest BCUT2D eigenvalue weighted by Gasteiger charge is 2.23. The summed E-state index contributed by atoms with van der Waals surface area (Å²) in [6.07, 6.45) is 2.02. The van der Waals surface area contributed by atoms with Crippen molar-refractivity contribution in [2.24, 2.45) is 0 Å². The molecule has 3 rings (SSSR count). The van der Waals surface area contributed by atoms with Gasteiger partial charge in [0.05, 0.1) is 24.8 Å². The zero-order valence-electron chi connectivity index (χ0n) is 14.1. The Morgan fingerprint density at radius 1 is 1.08 bits per heavy atom. The molecule has 0 spiro atoms. The molecule has 1 fully saturated rings. The van der Waals surface area contributed by atoms with E-state index in [-0.39, 0.29) is 12.1 Å². The Bertz CT molecular complexity index is 675. The quantitative estimate of drug-likeness (QED) is 0.672. The van der Waals surface area contributed by atoms with Crippen molar-refractivity contribution in [1.82, 2.24) is 5.06 Å². The van der Waals surface area contributed by atoms with Gasteiger partial charge in [0, 0.05) is 11.9 Å². The van der Waals surface area contributed by atoms with Crippen molar-refractivity contribution in [3.8, 4) is 0 Å². The van der Waals surface area contributed by atoms with Crippen molar-refractivity contribution < 1.29 is 14.4 Å². The molecule has 0 amide bonds. The molecule has 2 aromatic rings. The van der Waals surface area contributed by atoms with Crippen LogP contribution in [-0.4, -0.2) is 30.2 Å². The SMILES string of the molecule is O=C(ON1CCC[C@@H](OCc2ccc(CBr)cc2)C1)c1ccccc1. The molecule has 0 unspecified atom stereocenters. The molecule has 0 aliphatic carbocycles. The van der Waals surface area contributed by atoms with Gasteiger partial charge < -0.3 is 9.57 Å². The third-order valence-electron chi connectivity index (χ3n) is 4.23. The zero-order valence-corrected chi connectivity index (χ0v) is 15.7. The van der Waals surface area contributed by atoms with Crippen LogP contribution in [0.5, 0.6) is 0 Å². The lowest BCUT2D eigenvalue weighted by Gasteiger charge is -2.31. The van der Waals surface area contributed by atoms with Crippen molar-refractivity contribution >= 4 is 21.9 Å². The van der Waals surface area contributed by atoms with Crippen molar-refractivity contribution in [2.45, 2.75) is 30.9 Å². The van der Waals surface area contributed by atoms with Gasteiger partial charge in [0.1, 0.15) is 0 Å². The van der Waals surface area contributed by atoms with Crippen LogP contribution in [0.2, 0.25) is 0 Å². The minimum absolute atomic E-state index is 0.0770. The van der Waals surface area contributed by atoms with Crippen LogP contribution in [0, 0.1) is 0 Å². The second-order valence-electron chi connectivity index (χ2n) is 6.16. The maximum atomic E-state index is 12.2. The first-order chi connectivity index (χ1) is 12.2. The summed E-state index contributed by atoms with van der Waals surface area (Å²) >= 11 is 3.45. The van der Waals surface area contributed by atoms with Gasteiger partial charge >= 0.3 is 5.97 Å². The van der Waals surface area contributed by atoms with E-state index in [1.165, 1.54) is 5.56 Å². The topological polar surface area (TPSA) is 38.8 Å². The molecule has 0 N–H and O–H groups in total. The number of ether oxygens (including phenoxy) is 1. The van der Waals surface area contributed by atoms with Gasteiger partial charge in [0.25, 0.3) is 0 Å². The molecule has 5 heteroatoms. The number of hydrogen-bond acceptors (Lipinski definition) is 4. The molecular formula is C20H22BrNO3. The molecule has 1 heterocycles. The molecule has 1 atom stereocenters. The highest BCUT2D eigenvalue weighted by molar-refractivity contribution is 9.08. The van der Waals surface area contributed by atoms with Crippen LogP contribution in [0.25, 0.3) is 0 Å². The molecule has 25 heavy (non-hydrogen) atoms. The molecule has 4 nitrogen and oxygen atoms in total. The van der Waals surface area contributed by atoms with Crippen molar-refractivity contribution in [3.05, 3.63) is 71.3 Å². The summed E-state index contributed by atoms with van der Waals surface area (Å²) in [4.78, 5) is 17.6. The van der Waals surface area contributed by atoms with E-state index in [9.17, 15) is 4.79 Å². The molecule has 0 radical (unpaired) electrons. The average Bonchev–Trinajstić information content (AvgIpc) is 2.68. The average molecular weight is 404 g/mol. The van der Waals surface area contributed by atoms with Gasteiger partial charge in [-0.05, 0) is 36.1 Å². The monoisotopic (exact) mass is 403 g/mol. The first-order valence-corrected chi connectivity index (χ1v) is 9.64. The smallest absolute Gasteiger partial charge is 0.357 e. The van der Waals surface area contributed by atoms with Gasteiger partial charge in [-0.2, -0.15) is 0 Å². The van der Waals surface area contributed by atoms with Gasteiger partial charge in [-0.1, -0.05) is 58.4 Å². The summed E-state index contributed by atoms with van der Waals surface area (Å²) in [5, 5.41) is 2.58. The summed E-state index contributed by atoms with van der Waals surface area (Å²) in [7, 11) is 0. The van der Waals surface area contributed by atoms with Crippen LogP contribution >= 0.6 is 15.9 Å². The fourth-order valence-corrected chi connectivity index (χ4v) is 3.18. The molecular weight excluding hydrogens is 382 g/mol. The van der Waals surface area contributed by atoms with Crippen molar-refractivity contribution in [3.63, 3.8) is 0 Å². The Morgan fingerprint density at radius 3 is 2.52 bits per heavy atom. The maximum Gasteiger partial charge on any atom is 0.357 e. The molecule has 0 aromatic heterocycles. The fraction of sp³-hybridized carbons (Fsp3) is 0.350. The fourth-order valence-electron chi connectivity index (χ4n) is 2.81. The van der Waals surface area contributed by atoms with Crippen LogP contribution in [0.4, 0.5) is 0 Å². The highest BCUT2D eigenvalue weighted by atomic mass is 79.9. The number of benzene rings is 2. The van der Waals surface area contributed by atoms with Crippen LogP contribution in [0.1, 0.15) is 34.3 Å². The zero-order chi connectivity index (χ0) is 17.5. The number of piperidine rings is 1. The molecule has 1 saturated heterocycles. The largest absolute Gasteiger partial charge is 0.372 e. The number of carbonyl (C=O) groups is 1. The van der Waals surface area contributed by atoms with Crippen molar-refractivity contribution in [1.29, 1.82) is 0 Å². The summed E-state index contributed by atoms with van der Waals surface area (Å²) in [6, 6.07) is 17.4. The summed E-state index contributed by atoms with van der Waals surface area (Å²) in [5.41, 5.74) is 2.97. The van der Waals surface area contributed by atoms with E-state index in [4.69, 9.17) is 9.57 Å². The number of carbonyl (C=O) groups excluding carboxylic acids is 1. The molecule has 1 aliphatic heterocycles. The van der Waals surface area contributed by atoms with E-state index < -0.39 is 0 Å². The van der Waals surface area contributed by atoms with Gasteiger partial charge in [0.2, 0.25) is 0 Å². The van der Waals surface area contributed by atoms with Crippen LogP contribution in [0.15, 0.2) is 54.6 Å². The van der Waals surface area contributed by atoms with E-state index in [1.807, 2.05) is 18.2 Å². The summed E-state index contributed by atoms with van der Waals surface area (Å²) in [6.45, 7) is 1.93. The Balaban J connectivity index is 1.48. The van der Waals surface area contributed by atoms with E-state index in [2.05, 4.69) is 40.2 Å². The summed E-state index contributed by atoms with van der Waals surface area (Å²) in [5.74, 6) is -0.313. The van der Waals surface area contributed by atoms with Crippen LogP contribution in [-0.2, 0) is 21.5 Å². The molecule has 0 saturated carbocycles. The Labute approximate surface area is 156 Å². The predicted molar refractivity (Wildman–Crippen MR) is 100 cm³/mol. The number of hydroxylamine groups is 2. The standard InChI is InChI=1S/C20H22BrNO3/c21-13-16-8-10-17(11-9-16)15-24-19-7-4-12-22(14-19)25-20(23)18-5-2-1-3-6-18/h1-3,5-6,8-11,19H,4,7,12-15H2/t19-/m1/s1. The van der Waals surface area contributed by atoms with E-state index >= 15 is 0 Å². The lowest BCUT2D eigenvalue weighted by molar-refractivity contribution is -0.153. The Morgan fingerprint density at radius 2 is 1.80 bits per heavy atom. The number of nitrogens with zero attached hydrogens (tertiary/aromatic N) is 1. The molecule has 1 aliphatic rings. The van der Waals surface area contributed by atoms with Gasteiger partial charge in [0.15, 0.2) is 0 Å². The second kappa shape index (κ2) is 9.13. The minimum atomic E-state index is -0.313. The molecule has 0 bridgehead atoms. The lowest BCUT2D eigenvalue weighted by atomic mass is 10.1. The van der Waals surface area contributed by atoms with Gasteiger partial charge in [-0.15, -0.1) is 5.06 Å².